The number of carbonyl (C=O) groups is 2. The molecule has 1 unspecified atom stereocenters. The van der Waals surface area contributed by atoms with Crippen LogP contribution in [0.15, 0.2) is 97.5 Å². The zero-order chi connectivity index (χ0) is 32.5. The molecule has 3 amide bonds. The Balaban J connectivity index is 1.35. The highest BCUT2D eigenvalue weighted by Crippen LogP contribution is 2.25. The van der Waals surface area contributed by atoms with Gasteiger partial charge in [0.15, 0.2) is 0 Å². The van der Waals surface area contributed by atoms with Gasteiger partial charge in [-0.15, -0.1) is 5.10 Å². The van der Waals surface area contributed by atoms with E-state index in [-0.39, 0.29) is 12.5 Å². The van der Waals surface area contributed by atoms with Crippen LogP contribution >= 0.6 is 11.6 Å². The molecule has 0 radical (unpaired) electrons. The van der Waals surface area contributed by atoms with Gasteiger partial charge in [0, 0.05) is 27.9 Å². The summed E-state index contributed by atoms with van der Waals surface area (Å²) in [5.74, 6) is -0.339. The number of urea groups is 1. The predicted molar refractivity (Wildman–Crippen MR) is 175 cm³/mol. The van der Waals surface area contributed by atoms with E-state index in [1.54, 1.807) is 56.5 Å². The first-order valence-electron chi connectivity index (χ1n) is 14.4. The molecule has 12 nitrogen and oxygen atoms in total. The van der Waals surface area contributed by atoms with Gasteiger partial charge in [0.1, 0.15) is 6.33 Å². The van der Waals surface area contributed by atoms with E-state index in [9.17, 15) is 14.7 Å². The number of aromatic nitrogens is 6. The molecule has 0 aliphatic carbocycles. The largest absolute Gasteiger partial charge is 0.394 e. The van der Waals surface area contributed by atoms with Crippen LogP contribution < -0.4 is 16.0 Å². The molecule has 0 fully saturated rings. The van der Waals surface area contributed by atoms with E-state index in [4.69, 9.17) is 11.6 Å². The zero-order valence-electron chi connectivity index (χ0n) is 25.1. The maximum absolute atomic E-state index is 13.3. The summed E-state index contributed by atoms with van der Waals surface area (Å²) in [6.07, 6.45) is 6.67. The molecule has 3 aromatic carbocycles. The Kier molecular flexibility index (Phi) is 10.1. The normalized spacial score (nSPS) is 12.1. The van der Waals surface area contributed by atoms with Crippen LogP contribution in [0.1, 0.15) is 36.7 Å². The topological polar surface area (TPSA) is 160 Å². The minimum Gasteiger partial charge on any atom is -0.394 e. The predicted octanol–water partition coefficient (Wildman–Crippen LogP) is 4.78. The molecule has 0 saturated carbocycles. The maximum Gasteiger partial charge on any atom is 0.319 e. The van der Waals surface area contributed by atoms with E-state index >= 15 is 0 Å². The van der Waals surface area contributed by atoms with Crippen molar-refractivity contribution in [2.24, 2.45) is 0 Å². The summed E-state index contributed by atoms with van der Waals surface area (Å²) in [5.41, 5.74) is 4.37. The van der Waals surface area contributed by atoms with Crippen LogP contribution in [-0.2, 0) is 11.2 Å². The number of tetrazole rings is 1. The SMILES string of the molecule is CC(C)(CO)NC(=O)Nc1ccc(-c2cnnc(C(Cc3ccccc3)NC(=O)C=Cc3cc(Cl)ccc3-n3cnnn3)c2)cc1. The lowest BCUT2D eigenvalue weighted by molar-refractivity contribution is -0.117. The number of nitrogens with zero attached hydrogens (tertiary/aromatic N) is 6. The van der Waals surface area contributed by atoms with Crippen molar-refractivity contribution in [3.63, 3.8) is 0 Å². The first-order chi connectivity index (χ1) is 22.2. The molecule has 13 heteroatoms. The first-order valence-corrected chi connectivity index (χ1v) is 14.8. The van der Waals surface area contributed by atoms with Gasteiger partial charge in [-0.1, -0.05) is 54.1 Å². The van der Waals surface area contributed by atoms with Gasteiger partial charge in [0.05, 0.1) is 35.8 Å². The quantitative estimate of drug-likeness (QED) is 0.151. The highest BCUT2D eigenvalue weighted by molar-refractivity contribution is 6.30. The number of aliphatic hydroxyl groups excluding tert-OH is 1. The summed E-state index contributed by atoms with van der Waals surface area (Å²) >= 11 is 6.23. The van der Waals surface area contributed by atoms with Gasteiger partial charge < -0.3 is 21.1 Å². The number of amides is 3. The summed E-state index contributed by atoms with van der Waals surface area (Å²) in [6.45, 7) is 3.26. The number of carbonyl (C=O) groups excluding carboxylic acids is 2. The van der Waals surface area contributed by atoms with Crippen LogP contribution in [0.5, 0.6) is 0 Å². The summed E-state index contributed by atoms with van der Waals surface area (Å²) in [7, 11) is 0. The minimum absolute atomic E-state index is 0.191. The fourth-order valence-corrected chi connectivity index (χ4v) is 4.75. The van der Waals surface area contributed by atoms with Crippen molar-refractivity contribution in [2.75, 3.05) is 11.9 Å². The molecule has 234 valence electrons. The molecule has 0 aliphatic rings. The van der Waals surface area contributed by atoms with E-state index < -0.39 is 17.6 Å². The third-order valence-electron chi connectivity index (χ3n) is 6.95. The Morgan fingerprint density at radius 2 is 1.78 bits per heavy atom. The second kappa shape index (κ2) is 14.5. The zero-order valence-corrected chi connectivity index (χ0v) is 25.9. The Morgan fingerprint density at radius 3 is 2.50 bits per heavy atom. The van der Waals surface area contributed by atoms with Crippen molar-refractivity contribution in [1.82, 2.24) is 41.0 Å². The number of halogens is 1. The molecule has 0 spiro atoms. The van der Waals surface area contributed by atoms with Gasteiger partial charge in [0.25, 0.3) is 0 Å². The summed E-state index contributed by atoms with van der Waals surface area (Å²) < 4.78 is 1.49. The van der Waals surface area contributed by atoms with Crippen LogP contribution in [0.4, 0.5) is 10.5 Å². The second-order valence-electron chi connectivity index (χ2n) is 11.1. The van der Waals surface area contributed by atoms with Crippen LogP contribution in [0.2, 0.25) is 5.02 Å². The molecule has 46 heavy (non-hydrogen) atoms. The summed E-state index contributed by atoms with van der Waals surface area (Å²) in [4.78, 5) is 25.6. The van der Waals surface area contributed by atoms with Gasteiger partial charge in [-0.2, -0.15) is 14.9 Å². The number of anilines is 1. The second-order valence-corrected chi connectivity index (χ2v) is 11.5. The highest BCUT2D eigenvalue weighted by Gasteiger charge is 2.20. The fourth-order valence-electron chi connectivity index (χ4n) is 4.57. The van der Waals surface area contributed by atoms with Gasteiger partial charge in [0.2, 0.25) is 5.91 Å². The monoisotopic (exact) mass is 637 g/mol. The van der Waals surface area contributed by atoms with Crippen LogP contribution in [0, 0.1) is 0 Å². The Bertz CT molecular complexity index is 1810. The number of benzene rings is 3. The lowest BCUT2D eigenvalue weighted by Crippen LogP contribution is -2.48. The van der Waals surface area contributed by atoms with E-state index in [2.05, 4.69) is 41.7 Å². The van der Waals surface area contributed by atoms with Crippen molar-refractivity contribution in [3.8, 4) is 16.8 Å². The number of rotatable bonds is 11. The standard InChI is InChI=1S/C33H32ClN9O3/c1-33(2,20-44)39-32(46)37-27-12-8-23(9-13-27)25-18-29(40-35-19-25)28(16-22-6-4-3-5-7-22)38-31(45)15-10-24-17-26(34)11-14-30(24)43-21-36-41-42-43/h3-15,17-19,21,28,44H,16,20H2,1-2H3,(H,38,45)(H2,37,39,46). The van der Waals surface area contributed by atoms with Crippen LogP contribution in [-0.4, -0.2) is 59.6 Å². The molecule has 2 heterocycles. The number of nitrogens with one attached hydrogen (secondary N) is 3. The van der Waals surface area contributed by atoms with Crippen molar-refractivity contribution in [2.45, 2.75) is 31.8 Å². The number of hydrogen-bond donors (Lipinski definition) is 4. The molecule has 4 N–H and O–H groups in total. The van der Waals surface area contributed by atoms with Gasteiger partial charge >= 0.3 is 6.03 Å². The summed E-state index contributed by atoms with van der Waals surface area (Å²) in [6, 6.07) is 23.2. The summed E-state index contributed by atoms with van der Waals surface area (Å²) in [5, 5.41) is 38.4. The van der Waals surface area contributed by atoms with Crippen LogP contribution in [0.25, 0.3) is 22.9 Å². The van der Waals surface area contributed by atoms with E-state index in [1.165, 1.54) is 17.1 Å². The molecule has 2 aromatic heterocycles. The van der Waals surface area contributed by atoms with Crippen LogP contribution in [0.3, 0.4) is 0 Å². The molecule has 5 aromatic rings. The van der Waals surface area contributed by atoms with Crippen molar-refractivity contribution >= 4 is 35.3 Å². The number of hydrogen-bond acceptors (Lipinski definition) is 8. The third kappa shape index (κ3) is 8.58. The van der Waals surface area contributed by atoms with E-state index in [0.717, 1.165) is 16.7 Å². The average Bonchev–Trinajstić information content (AvgIpc) is 3.59. The fraction of sp³-hybridized carbons (Fsp3) is 0.182. The number of aliphatic hydroxyl groups is 1. The van der Waals surface area contributed by atoms with Gasteiger partial charge in [-0.3, -0.25) is 4.79 Å². The first kappa shape index (κ1) is 31.9. The minimum atomic E-state index is -0.751. The molecule has 0 aliphatic heterocycles. The van der Waals surface area contributed by atoms with Gasteiger partial charge in [-0.05, 0) is 84.3 Å². The smallest absolute Gasteiger partial charge is 0.319 e. The van der Waals surface area contributed by atoms with E-state index in [1.807, 2.05) is 48.5 Å². The Hall–Kier alpha value is -5.46. The molecular weight excluding hydrogens is 606 g/mol. The molecular formula is C33H32ClN9O3. The Labute approximate surface area is 270 Å². The average molecular weight is 638 g/mol. The van der Waals surface area contributed by atoms with Crippen molar-refractivity contribution in [1.29, 1.82) is 0 Å². The molecule has 0 saturated heterocycles. The highest BCUT2D eigenvalue weighted by atomic mass is 35.5. The van der Waals surface area contributed by atoms with Gasteiger partial charge in [-0.25, -0.2) is 4.79 Å². The van der Waals surface area contributed by atoms with E-state index in [0.29, 0.717) is 34.1 Å². The van der Waals surface area contributed by atoms with Crippen molar-refractivity contribution < 1.29 is 14.7 Å². The lowest BCUT2D eigenvalue weighted by atomic mass is 10.00. The molecule has 5 rings (SSSR count). The lowest BCUT2D eigenvalue weighted by Gasteiger charge is -2.23. The Morgan fingerprint density at radius 1 is 1.00 bits per heavy atom. The molecule has 0 bridgehead atoms. The van der Waals surface area contributed by atoms with Crippen molar-refractivity contribution in [3.05, 3.63) is 119 Å². The molecule has 1 atom stereocenters. The third-order valence-corrected chi connectivity index (χ3v) is 7.19. The maximum atomic E-state index is 13.3.